The van der Waals surface area contributed by atoms with Gasteiger partial charge in [-0.3, -0.25) is 4.55 Å². The van der Waals surface area contributed by atoms with Crippen molar-refractivity contribution in [1.29, 1.82) is 0 Å². The van der Waals surface area contributed by atoms with E-state index in [1.165, 1.54) is 24.3 Å². The Labute approximate surface area is 118 Å². The molecule has 0 aromatic heterocycles. The van der Waals surface area contributed by atoms with Gasteiger partial charge in [0.05, 0.1) is 6.26 Å². The molecule has 0 bridgehead atoms. The van der Waals surface area contributed by atoms with Gasteiger partial charge >= 0.3 is 0 Å². The van der Waals surface area contributed by atoms with Crippen LogP contribution in [-0.2, 0) is 10.1 Å². The average molecular weight is 318 g/mol. The first-order valence-corrected chi connectivity index (χ1v) is 8.29. The molecule has 0 aliphatic carbocycles. The van der Waals surface area contributed by atoms with E-state index in [1.807, 2.05) is 12.1 Å². The Hall–Kier alpha value is -1.36. The largest absolute Gasteiger partial charge is 0.286 e. The number of hydrogen-bond acceptors (Lipinski definition) is 2. The van der Waals surface area contributed by atoms with Crippen molar-refractivity contribution in [1.82, 2.24) is 0 Å². The number of halogens is 2. The molecule has 108 valence electrons. The lowest BCUT2D eigenvalue weighted by Crippen LogP contribution is -2.04. The van der Waals surface area contributed by atoms with Crippen LogP contribution in [0.5, 0.6) is 0 Å². The highest BCUT2D eigenvalue weighted by atomic mass is 32.2. The normalized spacial score (nSPS) is 10.6. The third-order valence-corrected chi connectivity index (χ3v) is 3.14. The Morgan fingerprint density at radius 2 is 1.30 bits per heavy atom. The quantitative estimate of drug-likeness (QED) is 0.681. The fourth-order valence-electron chi connectivity index (χ4n) is 1.30. The maximum atomic E-state index is 12.9. The first kappa shape index (κ1) is 16.7. The first-order chi connectivity index (χ1) is 9.24. The van der Waals surface area contributed by atoms with E-state index in [0.29, 0.717) is 6.26 Å². The molecule has 3 nitrogen and oxygen atoms in total. The van der Waals surface area contributed by atoms with E-state index < -0.39 is 10.1 Å². The molecule has 0 unspecified atom stereocenters. The number of benzene rings is 2. The van der Waals surface area contributed by atoms with Crippen molar-refractivity contribution in [3.05, 3.63) is 60.2 Å². The van der Waals surface area contributed by atoms with Crippen LogP contribution in [0.2, 0.25) is 0 Å². The fraction of sp³-hybridized carbons (Fsp3) is 0.0769. The third kappa shape index (κ3) is 7.94. The molecule has 0 heterocycles. The van der Waals surface area contributed by atoms with E-state index in [2.05, 4.69) is 0 Å². The molecule has 0 saturated carbocycles. The molecule has 2 rings (SSSR count). The molecule has 0 spiro atoms. The van der Waals surface area contributed by atoms with Crippen LogP contribution in [0.15, 0.2) is 48.5 Å². The summed E-state index contributed by atoms with van der Waals surface area (Å²) in [6.07, 6.45) is 0.715. The van der Waals surface area contributed by atoms with Crippen molar-refractivity contribution in [2.75, 3.05) is 6.26 Å². The van der Waals surface area contributed by atoms with Gasteiger partial charge in [-0.1, -0.05) is 32.8 Å². The summed E-state index contributed by atoms with van der Waals surface area (Å²) >= 11 is 0. The van der Waals surface area contributed by atoms with Crippen LogP contribution in [0.3, 0.4) is 0 Å². The summed E-state index contributed by atoms with van der Waals surface area (Å²) in [6.45, 7) is 0. The number of rotatable bonds is 2. The van der Waals surface area contributed by atoms with E-state index in [-0.39, 0.29) is 20.2 Å². The Morgan fingerprint density at radius 3 is 1.60 bits per heavy atom. The van der Waals surface area contributed by atoms with Gasteiger partial charge in [-0.05, 0) is 34.9 Å². The highest BCUT2D eigenvalue weighted by Crippen LogP contribution is 2.11. The van der Waals surface area contributed by atoms with Crippen molar-refractivity contribution in [2.45, 2.75) is 0 Å². The van der Waals surface area contributed by atoms with Crippen LogP contribution in [0.1, 0.15) is 0 Å². The standard InChI is InChI=1S/C12H9F2P.CH4O3S/c13-9-3-1-5-11(7-9)15-12-6-2-4-10(14)8-12;1-5(2,3)4/h1-8,15H;1H3,(H,2,3,4). The van der Waals surface area contributed by atoms with Gasteiger partial charge in [0.25, 0.3) is 10.1 Å². The molecular weight excluding hydrogens is 305 g/mol. The molecular formula is C13H13F2O3PS. The maximum absolute atomic E-state index is 12.9. The van der Waals surface area contributed by atoms with Gasteiger partial charge in [-0.15, -0.1) is 0 Å². The summed E-state index contributed by atoms with van der Waals surface area (Å²) in [5.41, 5.74) is 0. The molecule has 20 heavy (non-hydrogen) atoms. The minimum atomic E-state index is -3.67. The zero-order valence-electron chi connectivity index (χ0n) is 10.5. The highest BCUT2D eigenvalue weighted by molar-refractivity contribution is 7.85. The van der Waals surface area contributed by atoms with Crippen LogP contribution in [0, 0.1) is 11.6 Å². The lowest BCUT2D eigenvalue weighted by atomic mass is 10.3. The van der Waals surface area contributed by atoms with Gasteiger partial charge in [0.2, 0.25) is 0 Å². The van der Waals surface area contributed by atoms with Gasteiger partial charge in [0.15, 0.2) is 0 Å². The molecule has 0 aliphatic heterocycles. The smallest absolute Gasteiger partial charge is 0.261 e. The van der Waals surface area contributed by atoms with Crippen LogP contribution >= 0.6 is 8.58 Å². The Bertz CT molecular complexity index is 623. The molecule has 0 amide bonds. The topological polar surface area (TPSA) is 54.4 Å². The Morgan fingerprint density at radius 1 is 0.950 bits per heavy atom. The molecule has 0 aliphatic rings. The highest BCUT2D eigenvalue weighted by Gasteiger charge is 1.98. The van der Waals surface area contributed by atoms with E-state index in [9.17, 15) is 17.2 Å². The molecule has 0 atom stereocenters. The predicted octanol–water partition coefficient (Wildman–Crippen LogP) is 2.10. The molecule has 1 N–H and O–H groups in total. The fourth-order valence-corrected chi connectivity index (χ4v) is 2.41. The Kier molecular flexibility index (Phi) is 6.20. The van der Waals surface area contributed by atoms with E-state index in [1.54, 1.807) is 12.1 Å². The molecule has 0 fully saturated rings. The van der Waals surface area contributed by atoms with Gasteiger partial charge in [-0.2, -0.15) is 8.42 Å². The van der Waals surface area contributed by atoms with E-state index in [4.69, 9.17) is 4.55 Å². The van der Waals surface area contributed by atoms with Crippen molar-refractivity contribution < 1.29 is 21.8 Å². The first-order valence-electron chi connectivity index (χ1n) is 5.44. The van der Waals surface area contributed by atoms with Gasteiger partial charge in [-0.25, -0.2) is 8.78 Å². The van der Waals surface area contributed by atoms with Crippen molar-refractivity contribution in [3.63, 3.8) is 0 Å². The van der Waals surface area contributed by atoms with Crippen molar-refractivity contribution in [2.24, 2.45) is 0 Å². The van der Waals surface area contributed by atoms with Gasteiger partial charge in [0, 0.05) is 0 Å². The number of hydrogen-bond donors (Lipinski definition) is 1. The summed E-state index contributed by atoms with van der Waals surface area (Å²) in [4.78, 5) is 0. The summed E-state index contributed by atoms with van der Waals surface area (Å²) in [6, 6.07) is 12.8. The van der Waals surface area contributed by atoms with Gasteiger partial charge in [0.1, 0.15) is 11.6 Å². The van der Waals surface area contributed by atoms with Crippen molar-refractivity contribution >= 4 is 29.3 Å². The maximum Gasteiger partial charge on any atom is 0.261 e. The van der Waals surface area contributed by atoms with E-state index >= 15 is 0 Å². The summed E-state index contributed by atoms with van der Waals surface area (Å²) in [5.74, 6) is -0.507. The minimum Gasteiger partial charge on any atom is -0.286 e. The second-order valence-electron chi connectivity index (χ2n) is 3.88. The molecule has 7 heteroatoms. The zero-order valence-corrected chi connectivity index (χ0v) is 12.4. The van der Waals surface area contributed by atoms with Crippen LogP contribution < -0.4 is 10.6 Å². The lowest BCUT2D eigenvalue weighted by Gasteiger charge is -2.02. The second-order valence-corrected chi connectivity index (χ2v) is 6.75. The van der Waals surface area contributed by atoms with Crippen molar-refractivity contribution in [3.8, 4) is 0 Å². The van der Waals surface area contributed by atoms with Crippen LogP contribution in [-0.4, -0.2) is 19.2 Å². The monoisotopic (exact) mass is 318 g/mol. The van der Waals surface area contributed by atoms with Crippen LogP contribution in [0.4, 0.5) is 8.78 Å². The molecule has 0 radical (unpaired) electrons. The summed E-state index contributed by atoms with van der Waals surface area (Å²) < 4.78 is 51.6. The minimum absolute atomic E-state index is 0.253. The van der Waals surface area contributed by atoms with Gasteiger partial charge < -0.3 is 0 Å². The second kappa shape index (κ2) is 7.43. The zero-order chi connectivity index (χ0) is 15.2. The molecule has 0 saturated heterocycles. The SMILES string of the molecule is CS(=O)(=O)O.Fc1cccc(Pc2cccc(F)c2)c1. The summed E-state index contributed by atoms with van der Waals surface area (Å²) in [7, 11) is -3.38. The predicted molar refractivity (Wildman–Crippen MR) is 77.9 cm³/mol. The lowest BCUT2D eigenvalue weighted by molar-refractivity contribution is 0.490. The Balaban J connectivity index is 0.000000347. The third-order valence-electron chi connectivity index (χ3n) is 1.94. The van der Waals surface area contributed by atoms with Crippen LogP contribution in [0.25, 0.3) is 0 Å². The van der Waals surface area contributed by atoms with E-state index in [0.717, 1.165) is 10.6 Å². The average Bonchev–Trinajstić information content (AvgIpc) is 2.26. The summed E-state index contributed by atoms with van der Waals surface area (Å²) in [5, 5.41) is 1.75. The molecule has 2 aromatic carbocycles. The molecule has 2 aromatic rings.